The first kappa shape index (κ1) is 17.4. The van der Waals surface area contributed by atoms with E-state index in [9.17, 15) is 9.90 Å². The Kier molecular flexibility index (Phi) is 4.45. The first-order chi connectivity index (χ1) is 13.0. The van der Waals surface area contributed by atoms with E-state index in [4.69, 9.17) is 0 Å². The van der Waals surface area contributed by atoms with Gasteiger partial charge in [-0.25, -0.2) is 15.0 Å². The van der Waals surface area contributed by atoms with Crippen LogP contribution in [0.25, 0.3) is 11.4 Å². The highest BCUT2D eigenvalue weighted by molar-refractivity contribution is 5.52. The third-order valence-electron chi connectivity index (χ3n) is 4.94. The first-order valence-corrected chi connectivity index (χ1v) is 8.90. The minimum absolute atomic E-state index is 0.110. The van der Waals surface area contributed by atoms with Crippen molar-refractivity contribution < 1.29 is 5.11 Å². The van der Waals surface area contributed by atoms with Gasteiger partial charge in [0.1, 0.15) is 17.9 Å². The molecular weight excluding hydrogens is 342 g/mol. The van der Waals surface area contributed by atoms with Crippen molar-refractivity contribution in [1.29, 1.82) is 0 Å². The lowest BCUT2D eigenvalue weighted by Crippen LogP contribution is -2.35. The highest BCUT2D eigenvalue weighted by Gasteiger charge is 2.22. The van der Waals surface area contributed by atoms with Gasteiger partial charge in [-0.3, -0.25) is 9.69 Å². The van der Waals surface area contributed by atoms with Gasteiger partial charge in [0.2, 0.25) is 0 Å². The fourth-order valence-corrected chi connectivity index (χ4v) is 3.57. The van der Waals surface area contributed by atoms with Gasteiger partial charge in [0.25, 0.3) is 5.56 Å². The van der Waals surface area contributed by atoms with Gasteiger partial charge >= 0.3 is 0 Å². The van der Waals surface area contributed by atoms with Gasteiger partial charge in [0.15, 0.2) is 0 Å². The smallest absolute Gasteiger partial charge is 0.255 e. The Morgan fingerprint density at radius 3 is 2.59 bits per heavy atom. The van der Waals surface area contributed by atoms with Crippen LogP contribution in [-0.4, -0.2) is 36.5 Å². The third-order valence-corrected chi connectivity index (χ3v) is 4.94. The summed E-state index contributed by atoms with van der Waals surface area (Å²) in [5.74, 6) is 0.860. The van der Waals surface area contributed by atoms with Crippen molar-refractivity contribution in [2.75, 3.05) is 6.54 Å². The number of phenolic OH excluding ortho intramolecular Hbond substituents is 1. The number of aromatic nitrogens is 4. The standard InChI is InChI=1S/C20H21N5O2/c1-12-5-14(6-13(2)18(12)26)9-25-4-3-17-16(10-25)20(27)24-19(23-17)15-7-21-11-22-8-15/h5-8,11,26H,3-4,9-10H2,1-2H3,(H,23,24,27). The van der Waals surface area contributed by atoms with E-state index < -0.39 is 0 Å². The van der Waals surface area contributed by atoms with Gasteiger partial charge in [0.05, 0.1) is 16.8 Å². The molecule has 27 heavy (non-hydrogen) atoms. The van der Waals surface area contributed by atoms with Gasteiger partial charge in [0, 0.05) is 38.4 Å². The Labute approximate surface area is 156 Å². The van der Waals surface area contributed by atoms with E-state index in [1.165, 1.54) is 6.33 Å². The number of rotatable bonds is 3. The van der Waals surface area contributed by atoms with Crippen molar-refractivity contribution in [2.24, 2.45) is 0 Å². The predicted octanol–water partition coefficient (Wildman–Crippen LogP) is 2.11. The molecule has 1 aliphatic rings. The van der Waals surface area contributed by atoms with Gasteiger partial charge in [-0.2, -0.15) is 0 Å². The summed E-state index contributed by atoms with van der Waals surface area (Å²) in [5.41, 5.74) is 5.03. The van der Waals surface area contributed by atoms with Gasteiger partial charge in [-0.05, 0) is 30.5 Å². The molecule has 0 amide bonds. The zero-order chi connectivity index (χ0) is 19.0. The van der Waals surface area contributed by atoms with Crippen LogP contribution in [0.5, 0.6) is 5.75 Å². The largest absolute Gasteiger partial charge is 0.507 e. The maximum absolute atomic E-state index is 12.6. The number of H-pyrrole nitrogens is 1. The zero-order valence-electron chi connectivity index (χ0n) is 15.4. The number of hydrogen-bond acceptors (Lipinski definition) is 6. The molecule has 2 N–H and O–H groups in total. The minimum Gasteiger partial charge on any atom is -0.507 e. The normalized spacial score (nSPS) is 14.1. The van der Waals surface area contributed by atoms with Crippen LogP contribution < -0.4 is 5.56 Å². The van der Waals surface area contributed by atoms with Crippen molar-refractivity contribution in [2.45, 2.75) is 33.4 Å². The highest BCUT2D eigenvalue weighted by atomic mass is 16.3. The molecule has 0 saturated heterocycles. The number of aromatic amines is 1. The molecule has 0 aliphatic carbocycles. The summed E-state index contributed by atoms with van der Waals surface area (Å²) in [6.45, 7) is 5.92. The number of hydrogen-bond donors (Lipinski definition) is 2. The van der Waals surface area contributed by atoms with Crippen LogP contribution in [-0.2, 0) is 19.5 Å². The molecule has 3 heterocycles. The fraction of sp³-hybridized carbons (Fsp3) is 0.300. The van der Waals surface area contributed by atoms with Gasteiger partial charge in [-0.1, -0.05) is 12.1 Å². The summed E-state index contributed by atoms with van der Waals surface area (Å²) < 4.78 is 0. The summed E-state index contributed by atoms with van der Waals surface area (Å²) in [6.07, 6.45) is 5.45. The molecule has 0 atom stereocenters. The summed E-state index contributed by atoms with van der Waals surface area (Å²) >= 11 is 0. The van der Waals surface area contributed by atoms with Crippen LogP contribution in [0.1, 0.15) is 27.9 Å². The second-order valence-electron chi connectivity index (χ2n) is 7.01. The van der Waals surface area contributed by atoms with E-state index >= 15 is 0 Å². The summed E-state index contributed by atoms with van der Waals surface area (Å²) in [4.78, 5) is 30.3. The average Bonchev–Trinajstić information content (AvgIpc) is 2.67. The molecule has 1 aliphatic heterocycles. The Morgan fingerprint density at radius 2 is 1.89 bits per heavy atom. The molecule has 4 rings (SSSR count). The Balaban J connectivity index is 1.58. The van der Waals surface area contributed by atoms with Crippen molar-refractivity contribution in [3.8, 4) is 17.1 Å². The van der Waals surface area contributed by atoms with Gasteiger partial charge in [-0.15, -0.1) is 0 Å². The lowest BCUT2D eigenvalue weighted by molar-refractivity contribution is 0.241. The van der Waals surface area contributed by atoms with Crippen LogP contribution in [0, 0.1) is 13.8 Å². The maximum atomic E-state index is 12.6. The lowest BCUT2D eigenvalue weighted by atomic mass is 10.0. The number of benzene rings is 1. The van der Waals surface area contributed by atoms with Crippen LogP contribution in [0.2, 0.25) is 0 Å². The third kappa shape index (κ3) is 3.46. The number of aromatic hydroxyl groups is 1. The van der Waals surface area contributed by atoms with E-state index in [-0.39, 0.29) is 5.56 Å². The maximum Gasteiger partial charge on any atom is 0.255 e. The molecule has 0 saturated carbocycles. The summed E-state index contributed by atoms with van der Waals surface area (Å²) in [5, 5.41) is 9.95. The summed E-state index contributed by atoms with van der Waals surface area (Å²) in [7, 11) is 0. The van der Waals surface area contributed by atoms with Crippen LogP contribution in [0.15, 0.2) is 35.6 Å². The quantitative estimate of drug-likeness (QED) is 0.740. The molecule has 0 radical (unpaired) electrons. The number of fused-ring (bicyclic) bond motifs is 1. The van der Waals surface area contributed by atoms with Crippen molar-refractivity contribution in [1.82, 2.24) is 24.8 Å². The van der Waals surface area contributed by atoms with Gasteiger partial charge < -0.3 is 10.1 Å². The van der Waals surface area contributed by atoms with E-state index in [2.05, 4.69) is 24.8 Å². The summed E-state index contributed by atoms with van der Waals surface area (Å²) in [6, 6.07) is 4.00. The molecule has 7 nitrogen and oxygen atoms in total. The second kappa shape index (κ2) is 6.92. The minimum atomic E-state index is -0.110. The number of phenols is 1. The average molecular weight is 363 g/mol. The SMILES string of the molecule is Cc1cc(CN2CCc3nc(-c4cncnc4)[nH]c(=O)c3C2)cc(C)c1O. The predicted molar refractivity (Wildman–Crippen MR) is 101 cm³/mol. The van der Waals surface area contributed by atoms with Crippen molar-refractivity contribution in [3.05, 3.63) is 69.2 Å². The molecule has 138 valence electrons. The molecular formula is C20H21N5O2. The van der Waals surface area contributed by atoms with Crippen LogP contribution >= 0.6 is 0 Å². The van der Waals surface area contributed by atoms with E-state index in [0.29, 0.717) is 29.2 Å². The first-order valence-electron chi connectivity index (χ1n) is 8.90. The van der Waals surface area contributed by atoms with Crippen molar-refractivity contribution in [3.63, 3.8) is 0 Å². The monoisotopic (exact) mass is 363 g/mol. The molecule has 2 aromatic heterocycles. The number of aryl methyl sites for hydroxylation is 2. The fourth-order valence-electron chi connectivity index (χ4n) is 3.57. The molecule has 0 spiro atoms. The zero-order valence-corrected chi connectivity index (χ0v) is 15.4. The van der Waals surface area contributed by atoms with Crippen LogP contribution in [0.3, 0.4) is 0 Å². The topological polar surface area (TPSA) is 95.0 Å². The number of nitrogens with zero attached hydrogens (tertiary/aromatic N) is 4. The molecule has 0 fully saturated rings. The number of nitrogens with one attached hydrogen (secondary N) is 1. The van der Waals surface area contributed by atoms with E-state index in [1.807, 2.05) is 26.0 Å². The second-order valence-corrected chi connectivity index (χ2v) is 7.01. The molecule has 0 bridgehead atoms. The molecule has 0 unspecified atom stereocenters. The Morgan fingerprint density at radius 1 is 1.19 bits per heavy atom. The van der Waals surface area contributed by atoms with Crippen LogP contribution in [0.4, 0.5) is 0 Å². The van der Waals surface area contributed by atoms with E-state index in [1.54, 1.807) is 12.4 Å². The lowest BCUT2D eigenvalue weighted by Gasteiger charge is -2.28. The molecule has 3 aromatic rings. The molecule has 7 heteroatoms. The van der Waals surface area contributed by atoms with Crippen molar-refractivity contribution >= 4 is 0 Å². The highest BCUT2D eigenvalue weighted by Crippen LogP contribution is 2.25. The molecule has 1 aromatic carbocycles. The Bertz CT molecular complexity index is 1020. The van der Waals surface area contributed by atoms with E-state index in [0.717, 1.165) is 41.9 Å². The Hall–Kier alpha value is -3.06.